The van der Waals surface area contributed by atoms with E-state index >= 15 is 0 Å². The highest BCUT2D eigenvalue weighted by Crippen LogP contribution is 2.35. The molecule has 0 saturated carbocycles. The first kappa shape index (κ1) is 25.0. The number of methoxy groups -OCH3 is 1. The second-order valence-corrected chi connectivity index (χ2v) is 9.33. The van der Waals surface area contributed by atoms with Gasteiger partial charge in [0.1, 0.15) is 17.9 Å². The molecule has 0 amide bonds. The number of nitrogens with zero attached hydrogens (tertiary/aromatic N) is 2. The fourth-order valence-electron chi connectivity index (χ4n) is 3.00. The zero-order valence-corrected chi connectivity index (χ0v) is 20.1. The Labute approximate surface area is 189 Å². The van der Waals surface area contributed by atoms with Gasteiger partial charge in [0.05, 0.1) is 22.7 Å². The van der Waals surface area contributed by atoms with E-state index in [0.29, 0.717) is 6.54 Å². The molecule has 0 radical (unpaired) electrons. The van der Waals surface area contributed by atoms with Gasteiger partial charge in [-0.25, -0.2) is 13.2 Å². The summed E-state index contributed by atoms with van der Waals surface area (Å²) in [6, 6.07) is 9.31. The van der Waals surface area contributed by atoms with Crippen molar-refractivity contribution in [2.45, 2.75) is 25.7 Å². The number of carbonyl (C=O) groups is 1. The summed E-state index contributed by atoms with van der Waals surface area (Å²) in [6.07, 6.45) is 0. The van der Waals surface area contributed by atoms with Crippen LogP contribution in [-0.4, -0.2) is 59.7 Å². The number of carbonyl (C=O) groups excluding carboxylic acids is 1. The number of sulfonamides is 1. The minimum Gasteiger partial charge on any atom is -0.496 e. The summed E-state index contributed by atoms with van der Waals surface area (Å²) < 4.78 is 37.8. The van der Waals surface area contributed by atoms with Gasteiger partial charge < -0.3 is 14.4 Å². The molecule has 2 rings (SSSR count). The molecule has 2 aromatic carbocycles. The molecule has 0 aliphatic rings. The average Bonchev–Trinajstić information content (AvgIpc) is 2.76. The molecule has 0 bridgehead atoms. The van der Waals surface area contributed by atoms with Gasteiger partial charge in [-0.15, -0.1) is 0 Å². The van der Waals surface area contributed by atoms with E-state index in [0.717, 1.165) is 23.0 Å². The van der Waals surface area contributed by atoms with Gasteiger partial charge in [0.25, 0.3) is 10.0 Å². The van der Waals surface area contributed by atoms with Crippen molar-refractivity contribution in [1.29, 1.82) is 0 Å². The lowest BCUT2D eigenvalue weighted by molar-refractivity contribution is 0.0463. The highest BCUT2D eigenvalue weighted by atomic mass is 35.5. The highest BCUT2D eigenvalue weighted by Gasteiger charge is 2.26. The SMILES string of the molecule is CCN(CC)CCOC(=O)c1cc(Cl)c(N(C)S(=O)(=O)c2ccc(C)cc2)cc1OC. The number of ether oxygens (including phenoxy) is 2. The largest absolute Gasteiger partial charge is 0.496 e. The van der Waals surface area contributed by atoms with E-state index < -0.39 is 16.0 Å². The number of hydrogen-bond donors (Lipinski definition) is 0. The molecule has 9 heteroatoms. The Kier molecular flexibility index (Phi) is 8.73. The van der Waals surface area contributed by atoms with Crippen molar-refractivity contribution in [3.05, 3.63) is 52.5 Å². The molecule has 0 aliphatic carbocycles. The van der Waals surface area contributed by atoms with Crippen molar-refractivity contribution in [2.24, 2.45) is 0 Å². The normalized spacial score (nSPS) is 11.5. The first-order chi connectivity index (χ1) is 14.6. The molecular formula is C22H29ClN2O5S. The molecule has 31 heavy (non-hydrogen) atoms. The lowest BCUT2D eigenvalue weighted by Crippen LogP contribution is -2.28. The second kappa shape index (κ2) is 10.8. The van der Waals surface area contributed by atoms with Crippen LogP contribution in [0.3, 0.4) is 0 Å². The van der Waals surface area contributed by atoms with Crippen LogP contribution in [0.5, 0.6) is 5.75 Å². The number of aryl methyl sites for hydroxylation is 1. The molecule has 0 spiro atoms. The van der Waals surface area contributed by atoms with Crippen LogP contribution in [0.2, 0.25) is 5.02 Å². The van der Waals surface area contributed by atoms with E-state index in [1.54, 1.807) is 12.1 Å². The van der Waals surface area contributed by atoms with Crippen LogP contribution < -0.4 is 9.04 Å². The third-order valence-corrected chi connectivity index (χ3v) is 7.13. The Hall–Kier alpha value is -2.29. The van der Waals surface area contributed by atoms with Crippen LogP contribution in [-0.2, 0) is 14.8 Å². The summed E-state index contributed by atoms with van der Waals surface area (Å²) in [6.45, 7) is 8.51. The number of rotatable bonds is 10. The fourth-order valence-corrected chi connectivity index (χ4v) is 4.54. The first-order valence-corrected chi connectivity index (χ1v) is 11.8. The van der Waals surface area contributed by atoms with E-state index in [2.05, 4.69) is 4.90 Å². The Bertz CT molecular complexity index is 1010. The smallest absolute Gasteiger partial charge is 0.342 e. The van der Waals surface area contributed by atoms with Gasteiger partial charge in [-0.3, -0.25) is 4.31 Å². The van der Waals surface area contributed by atoms with E-state index in [4.69, 9.17) is 21.1 Å². The third-order valence-electron chi connectivity index (χ3n) is 5.04. The maximum Gasteiger partial charge on any atom is 0.342 e. The Balaban J connectivity index is 2.29. The van der Waals surface area contributed by atoms with Crippen LogP contribution in [0.25, 0.3) is 0 Å². The van der Waals surface area contributed by atoms with E-state index in [-0.39, 0.29) is 33.5 Å². The molecule has 2 aromatic rings. The number of halogens is 1. The predicted octanol–water partition coefficient (Wildman–Crippen LogP) is 3.98. The quantitative estimate of drug-likeness (QED) is 0.491. The maximum atomic E-state index is 13.0. The van der Waals surface area contributed by atoms with Gasteiger partial charge in [-0.1, -0.05) is 43.1 Å². The van der Waals surface area contributed by atoms with Crippen LogP contribution >= 0.6 is 11.6 Å². The highest BCUT2D eigenvalue weighted by molar-refractivity contribution is 7.92. The first-order valence-electron chi connectivity index (χ1n) is 9.98. The van der Waals surface area contributed by atoms with Crippen molar-refractivity contribution < 1.29 is 22.7 Å². The topological polar surface area (TPSA) is 76.2 Å². The molecule has 7 nitrogen and oxygen atoms in total. The molecule has 0 atom stereocenters. The zero-order chi connectivity index (χ0) is 23.2. The zero-order valence-electron chi connectivity index (χ0n) is 18.5. The molecule has 0 unspecified atom stereocenters. The summed E-state index contributed by atoms with van der Waals surface area (Å²) in [4.78, 5) is 14.8. The molecule has 0 saturated heterocycles. The molecule has 170 valence electrons. The van der Waals surface area contributed by atoms with E-state index in [9.17, 15) is 13.2 Å². The van der Waals surface area contributed by atoms with E-state index in [1.807, 2.05) is 20.8 Å². The van der Waals surface area contributed by atoms with Gasteiger partial charge in [0, 0.05) is 19.7 Å². The average molecular weight is 469 g/mol. The summed E-state index contributed by atoms with van der Waals surface area (Å²) in [5.41, 5.74) is 1.28. The van der Waals surface area contributed by atoms with E-state index in [1.165, 1.54) is 38.4 Å². The lowest BCUT2D eigenvalue weighted by Gasteiger charge is -2.22. The Morgan fingerprint density at radius 2 is 1.71 bits per heavy atom. The third kappa shape index (κ3) is 5.90. The Morgan fingerprint density at radius 3 is 2.26 bits per heavy atom. The van der Waals surface area contributed by atoms with Gasteiger partial charge in [-0.2, -0.15) is 0 Å². The summed E-state index contributed by atoms with van der Waals surface area (Å²) in [5.74, 6) is -0.403. The van der Waals surface area contributed by atoms with Crippen molar-refractivity contribution >= 4 is 33.3 Å². The van der Waals surface area contributed by atoms with Crippen LogP contribution in [0, 0.1) is 6.92 Å². The standard InChI is InChI=1S/C22H29ClN2O5S/c1-6-25(7-2)12-13-30-22(26)18-14-19(23)20(15-21(18)29-5)24(4)31(27,28)17-10-8-16(3)9-11-17/h8-11,14-15H,6-7,12-13H2,1-5H3. The second-order valence-electron chi connectivity index (χ2n) is 6.95. The fraction of sp³-hybridized carbons (Fsp3) is 0.409. The molecule has 0 N–H and O–H groups in total. The van der Waals surface area contributed by atoms with Crippen molar-refractivity contribution in [3.8, 4) is 5.75 Å². The molecule has 0 heterocycles. The van der Waals surface area contributed by atoms with Gasteiger partial charge in [0.2, 0.25) is 0 Å². The van der Waals surface area contributed by atoms with Gasteiger partial charge in [0.15, 0.2) is 0 Å². The number of likely N-dealkylation sites (N-methyl/N-ethyl adjacent to an activating group) is 1. The number of benzene rings is 2. The number of esters is 1. The summed E-state index contributed by atoms with van der Waals surface area (Å²) in [5, 5.41) is 0.0923. The van der Waals surface area contributed by atoms with Crippen LogP contribution in [0.4, 0.5) is 5.69 Å². The monoisotopic (exact) mass is 468 g/mol. The molecule has 0 fully saturated rings. The molecule has 0 aromatic heterocycles. The number of hydrogen-bond acceptors (Lipinski definition) is 6. The minimum absolute atomic E-state index is 0.0923. The predicted molar refractivity (Wildman–Crippen MR) is 123 cm³/mol. The number of anilines is 1. The molecular weight excluding hydrogens is 440 g/mol. The van der Waals surface area contributed by atoms with Gasteiger partial charge >= 0.3 is 5.97 Å². The summed E-state index contributed by atoms with van der Waals surface area (Å²) >= 11 is 6.37. The van der Waals surface area contributed by atoms with Crippen molar-refractivity contribution in [3.63, 3.8) is 0 Å². The molecule has 0 aliphatic heterocycles. The van der Waals surface area contributed by atoms with Crippen molar-refractivity contribution in [1.82, 2.24) is 4.90 Å². The Morgan fingerprint density at radius 1 is 1.10 bits per heavy atom. The summed E-state index contributed by atoms with van der Waals surface area (Å²) in [7, 11) is -1.05. The lowest BCUT2D eigenvalue weighted by atomic mass is 10.2. The minimum atomic E-state index is -3.85. The van der Waals surface area contributed by atoms with Gasteiger partial charge in [-0.05, 0) is 38.2 Å². The van der Waals surface area contributed by atoms with Crippen molar-refractivity contribution in [2.75, 3.05) is 44.7 Å². The van der Waals surface area contributed by atoms with Crippen LogP contribution in [0.15, 0.2) is 41.3 Å². The van der Waals surface area contributed by atoms with Crippen LogP contribution in [0.1, 0.15) is 29.8 Å². The maximum absolute atomic E-state index is 13.0.